The van der Waals surface area contributed by atoms with Gasteiger partial charge in [-0.2, -0.15) is 0 Å². The predicted octanol–water partition coefficient (Wildman–Crippen LogP) is 3.50. The molecule has 0 nitrogen and oxygen atoms in total. The minimum Gasteiger partial charge on any atom is -0.207 e. The van der Waals surface area contributed by atoms with E-state index in [1.165, 1.54) is 12.0 Å². The molecule has 2 heteroatoms. The molecule has 0 aromatic heterocycles. The van der Waals surface area contributed by atoms with Crippen molar-refractivity contribution in [2.24, 2.45) is 5.92 Å². The van der Waals surface area contributed by atoms with Gasteiger partial charge in [0, 0.05) is 5.33 Å². The van der Waals surface area contributed by atoms with Gasteiger partial charge in [-0.05, 0) is 35.4 Å². The second-order valence-electron chi connectivity index (χ2n) is 3.98. The largest absolute Gasteiger partial charge is 0.207 e. The van der Waals surface area contributed by atoms with Gasteiger partial charge in [-0.3, -0.25) is 0 Å². The Morgan fingerprint density at radius 3 is 2.54 bits per heavy atom. The van der Waals surface area contributed by atoms with Crippen LogP contribution < -0.4 is 0 Å². The maximum absolute atomic E-state index is 12.7. The van der Waals surface area contributed by atoms with Crippen molar-refractivity contribution in [3.63, 3.8) is 0 Å². The van der Waals surface area contributed by atoms with E-state index < -0.39 is 0 Å². The Bertz CT molecular complexity index is 306. The minimum atomic E-state index is -0.150. The van der Waals surface area contributed by atoms with Gasteiger partial charge in [0.05, 0.1) is 0 Å². The van der Waals surface area contributed by atoms with Crippen LogP contribution in [0.25, 0.3) is 0 Å². The SMILES string of the molecule is CC1(c2ccc(F)cc2)CC1CBr. The molecule has 0 N–H and O–H groups in total. The molecule has 1 aliphatic carbocycles. The summed E-state index contributed by atoms with van der Waals surface area (Å²) in [4.78, 5) is 0. The molecule has 0 saturated heterocycles. The van der Waals surface area contributed by atoms with Gasteiger partial charge < -0.3 is 0 Å². The fraction of sp³-hybridized carbons (Fsp3) is 0.455. The third kappa shape index (κ3) is 1.52. The van der Waals surface area contributed by atoms with Crippen molar-refractivity contribution in [3.8, 4) is 0 Å². The Morgan fingerprint density at radius 1 is 1.46 bits per heavy atom. The van der Waals surface area contributed by atoms with Gasteiger partial charge in [-0.15, -0.1) is 0 Å². The quantitative estimate of drug-likeness (QED) is 0.697. The molecule has 0 aliphatic heterocycles. The number of hydrogen-bond acceptors (Lipinski definition) is 0. The minimum absolute atomic E-state index is 0.150. The highest BCUT2D eigenvalue weighted by molar-refractivity contribution is 9.09. The maximum atomic E-state index is 12.7. The molecule has 1 aromatic carbocycles. The van der Waals surface area contributed by atoms with Gasteiger partial charge >= 0.3 is 0 Å². The lowest BCUT2D eigenvalue weighted by molar-refractivity contribution is 0.623. The fourth-order valence-electron chi connectivity index (χ4n) is 1.86. The van der Waals surface area contributed by atoms with Crippen LogP contribution in [0.1, 0.15) is 18.9 Å². The van der Waals surface area contributed by atoms with Crippen LogP contribution in [0.15, 0.2) is 24.3 Å². The highest BCUT2D eigenvalue weighted by atomic mass is 79.9. The van der Waals surface area contributed by atoms with Crippen molar-refractivity contribution in [3.05, 3.63) is 35.6 Å². The summed E-state index contributed by atoms with van der Waals surface area (Å²) in [5.41, 5.74) is 1.55. The van der Waals surface area contributed by atoms with E-state index in [1.54, 1.807) is 12.1 Å². The lowest BCUT2D eigenvalue weighted by Gasteiger charge is -2.10. The molecule has 2 rings (SSSR count). The summed E-state index contributed by atoms with van der Waals surface area (Å²) in [6.07, 6.45) is 1.21. The van der Waals surface area contributed by atoms with Crippen molar-refractivity contribution in [2.75, 3.05) is 5.33 Å². The standard InChI is InChI=1S/C11H12BrF/c1-11(6-9(11)7-12)8-2-4-10(13)5-3-8/h2-5,9H,6-7H2,1H3. The zero-order valence-corrected chi connectivity index (χ0v) is 9.14. The zero-order valence-electron chi connectivity index (χ0n) is 7.56. The van der Waals surface area contributed by atoms with Crippen LogP contribution in [-0.4, -0.2) is 5.33 Å². The molecule has 70 valence electrons. The van der Waals surface area contributed by atoms with Gasteiger partial charge in [0.1, 0.15) is 5.82 Å². The molecule has 0 radical (unpaired) electrons. The Labute approximate surface area is 86.3 Å². The van der Waals surface area contributed by atoms with Crippen molar-refractivity contribution >= 4 is 15.9 Å². The van der Waals surface area contributed by atoms with Crippen LogP contribution in [0.5, 0.6) is 0 Å². The van der Waals surface area contributed by atoms with E-state index in [2.05, 4.69) is 22.9 Å². The first-order valence-electron chi connectivity index (χ1n) is 4.49. The summed E-state index contributed by atoms with van der Waals surface area (Å²) in [5, 5.41) is 1.04. The number of benzene rings is 1. The van der Waals surface area contributed by atoms with E-state index in [4.69, 9.17) is 0 Å². The van der Waals surface area contributed by atoms with E-state index in [-0.39, 0.29) is 11.2 Å². The molecule has 1 aliphatic rings. The van der Waals surface area contributed by atoms with Crippen molar-refractivity contribution in [1.82, 2.24) is 0 Å². The van der Waals surface area contributed by atoms with E-state index >= 15 is 0 Å². The molecule has 0 bridgehead atoms. The average Bonchev–Trinajstić information content (AvgIpc) is 2.80. The van der Waals surface area contributed by atoms with Crippen LogP contribution in [-0.2, 0) is 5.41 Å². The third-order valence-electron chi connectivity index (χ3n) is 3.10. The first kappa shape index (κ1) is 9.20. The van der Waals surface area contributed by atoms with Crippen molar-refractivity contribution in [1.29, 1.82) is 0 Å². The summed E-state index contributed by atoms with van der Waals surface area (Å²) in [7, 11) is 0. The summed E-state index contributed by atoms with van der Waals surface area (Å²) >= 11 is 3.49. The lowest BCUT2D eigenvalue weighted by Crippen LogP contribution is -2.04. The molecule has 2 atom stereocenters. The summed E-state index contributed by atoms with van der Waals surface area (Å²) in [6, 6.07) is 6.89. The van der Waals surface area contributed by atoms with Crippen LogP contribution in [0.4, 0.5) is 4.39 Å². The second kappa shape index (κ2) is 3.09. The predicted molar refractivity (Wildman–Crippen MR) is 55.7 cm³/mol. The van der Waals surface area contributed by atoms with Crippen LogP contribution in [0.3, 0.4) is 0 Å². The molecule has 2 unspecified atom stereocenters. The van der Waals surface area contributed by atoms with Crippen molar-refractivity contribution < 1.29 is 4.39 Å². The van der Waals surface area contributed by atoms with Gasteiger partial charge in [-0.1, -0.05) is 35.0 Å². The lowest BCUT2D eigenvalue weighted by atomic mass is 9.96. The molecule has 0 amide bonds. The normalized spacial score (nSPS) is 31.8. The van der Waals surface area contributed by atoms with Crippen LogP contribution in [0.2, 0.25) is 0 Å². The first-order valence-corrected chi connectivity index (χ1v) is 5.61. The monoisotopic (exact) mass is 242 g/mol. The topological polar surface area (TPSA) is 0 Å². The Kier molecular flexibility index (Phi) is 2.18. The second-order valence-corrected chi connectivity index (χ2v) is 4.63. The third-order valence-corrected chi connectivity index (χ3v) is 3.88. The van der Waals surface area contributed by atoms with E-state index in [0.717, 1.165) is 11.2 Å². The molecule has 0 heterocycles. The van der Waals surface area contributed by atoms with E-state index in [0.29, 0.717) is 0 Å². The molecule has 1 aromatic rings. The van der Waals surface area contributed by atoms with Gasteiger partial charge in [0.15, 0.2) is 0 Å². The summed E-state index contributed by atoms with van der Waals surface area (Å²) < 4.78 is 12.7. The molecular weight excluding hydrogens is 231 g/mol. The number of hydrogen-bond donors (Lipinski definition) is 0. The van der Waals surface area contributed by atoms with Gasteiger partial charge in [0.2, 0.25) is 0 Å². The summed E-state index contributed by atoms with van der Waals surface area (Å²) in [5.74, 6) is 0.571. The molecule has 1 saturated carbocycles. The smallest absolute Gasteiger partial charge is 0.123 e. The highest BCUT2D eigenvalue weighted by Gasteiger charge is 2.50. The summed E-state index contributed by atoms with van der Waals surface area (Å²) in [6.45, 7) is 2.24. The molecular formula is C11H12BrF. The Hall–Kier alpha value is -0.370. The van der Waals surface area contributed by atoms with Crippen LogP contribution in [0, 0.1) is 11.7 Å². The highest BCUT2D eigenvalue weighted by Crippen LogP contribution is 2.54. The molecule has 0 spiro atoms. The van der Waals surface area contributed by atoms with Gasteiger partial charge in [0.25, 0.3) is 0 Å². The number of rotatable bonds is 2. The average molecular weight is 243 g/mol. The maximum Gasteiger partial charge on any atom is 0.123 e. The first-order chi connectivity index (χ1) is 6.16. The molecule has 1 fully saturated rings. The van der Waals surface area contributed by atoms with Crippen molar-refractivity contribution in [2.45, 2.75) is 18.8 Å². The molecule has 13 heavy (non-hydrogen) atoms. The van der Waals surface area contributed by atoms with E-state index in [9.17, 15) is 4.39 Å². The Balaban J connectivity index is 2.23. The fourth-order valence-corrected chi connectivity index (χ4v) is 2.81. The van der Waals surface area contributed by atoms with Gasteiger partial charge in [-0.25, -0.2) is 4.39 Å². The van der Waals surface area contributed by atoms with E-state index in [1.807, 2.05) is 12.1 Å². The Morgan fingerprint density at radius 2 is 2.08 bits per heavy atom. The number of alkyl halides is 1. The zero-order chi connectivity index (χ0) is 9.47. The van der Waals surface area contributed by atoms with Crippen LogP contribution >= 0.6 is 15.9 Å². The number of halogens is 2.